The SMILES string of the molecule is NNC(=O)N=Cc1ccccc1[N+](=O)[O-]. The molecule has 7 nitrogen and oxygen atoms in total. The van der Waals surface area contributed by atoms with E-state index in [9.17, 15) is 14.9 Å². The van der Waals surface area contributed by atoms with Gasteiger partial charge in [0.15, 0.2) is 0 Å². The Hall–Kier alpha value is -2.28. The number of amides is 2. The molecule has 0 heterocycles. The maximum Gasteiger partial charge on any atom is 0.355 e. The van der Waals surface area contributed by atoms with E-state index in [1.54, 1.807) is 11.5 Å². The summed E-state index contributed by atoms with van der Waals surface area (Å²) in [5.74, 6) is 4.79. The average Bonchev–Trinajstić information content (AvgIpc) is 2.26. The lowest BCUT2D eigenvalue weighted by Gasteiger charge is -1.95. The van der Waals surface area contributed by atoms with Gasteiger partial charge in [0.05, 0.1) is 10.5 Å². The van der Waals surface area contributed by atoms with Crippen molar-refractivity contribution in [2.75, 3.05) is 0 Å². The topological polar surface area (TPSA) is 111 Å². The van der Waals surface area contributed by atoms with Crippen molar-refractivity contribution in [1.29, 1.82) is 0 Å². The number of hydrogen-bond acceptors (Lipinski definition) is 4. The lowest BCUT2D eigenvalue weighted by molar-refractivity contribution is -0.385. The van der Waals surface area contributed by atoms with Gasteiger partial charge in [-0.15, -0.1) is 0 Å². The molecule has 0 fully saturated rings. The van der Waals surface area contributed by atoms with Crippen LogP contribution in [0.25, 0.3) is 0 Å². The van der Waals surface area contributed by atoms with Crippen molar-refractivity contribution in [3.63, 3.8) is 0 Å². The molecule has 0 unspecified atom stereocenters. The lowest BCUT2D eigenvalue weighted by Crippen LogP contribution is -2.26. The number of para-hydroxylation sites is 1. The number of aliphatic imine (C=N–C) groups is 1. The molecule has 2 amide bonds. The van der Waals surface area contributed by atoms with E-state index in [1.165, 1.54) is 18.2 Å². The van der Waals surface area contributed by atoms with Crippen LogP contribution >= 0.6 is 0 Å². The second-order valence-electron chi connectivity index (χ2n) is 2.52. The summed E-state index contributed by atoms with van der Waals surface area (Å²) in [4.78, 5) is 24.0. The summed E-state index contributed by atoms with van der Waals surface area (Å²) in [6.07, 6.45) is 1.08. The van der Waals surface area contributed by atoms with E-state index in [1.807, 2.05) is 0 Å². The zero-order valence-corrected chi connectivity index (χ0v) is 7.58. The summed E-state index contributed by atoms with van der Waals surface area (Å²) in [6, 6.07) is 5.16. The smallest absolute Gasteiger partial charge is 0.274 e. The number of nitrogens with zero attached hydrogens (tertiary/aromatic N) is 2. The van der Waals surface area contributed by atoms with E-state index in [-0.39, 0.29) is 11.3 Å². The Morgan fingerprint density at radius 3 is 2.80 bits per heavy atom. The highest BCUT2D eigenvalue weighted by atomic mass is 16.6. The molecule has 1 aromatic carbocycles. The van der Waals surface area contributed by atoms with Gasteiger partial charge < -0.3 is 0 Å². The van der Waals surface area contributed by atoms with Crippen LogP contribution in [0.5, 0.6) is 0 Å². The maximum absolute atomic E-state index is 10.7. The molecular formula is C8H8N4O3. The molecule has 78 valence electrons. The number of benzene rings is 1. The zero-order chi connectivity index (χ0) is 11.3. The number of carbonyl (C=O) groups is 1. The molecule has 0 aromatic heterocycles. The predicted molar refractivity (Wildman–Crippen MR) is 53.4 cm³/mol. The number of nitro groups is 1. The van der Waals surface area contributed by atoms with E-state index < -0.39 is 11.0 Å². The van der Waals surface area contributed by atoms with Gasteiger partial charge in [-0.05, 0) is 6.07 Å². The summed E-state index contributed by atoms with van der Waals surface area (Å²) < 4.78 is 0. The van der Waals surface area contributed by atoms with Gasteiger partial charge >= 0.3 is 6.03 Å². The first-order chi connectivity index (χ1) is 7.15. The van der Waals surface area contributed by atoms with Gasteiger partial charge in [0.1, 0.15) is 0 Å². The first kappa shape index (κ1) is 10.8. The van der Waals surface area contributed by atoms with Gasteiger partial charge in [0.2, 0.25) is 0 Å². The third-order valence-electron chi connectivity index (χ3n) is 1.58. The van der Waals surface area contributed by atoms with Crippen LogP contribution in [0.15, 0.2) is 29.3 Å². The van der Waals surface area contributed by atoms with E-state index in [4.69, 9.17) is 5.84 Å². The van der Waals surface area contributed by atoms with Crippen LogP contribution in [-0.4, -0.2) is 17.2 Å². The van der Waals surface area contributed by atoms with Crippen molar-refractivity contribution in [2.45, 2.75) is 0 Å². The third-order valence-corrected chi connectivity index (χ3v) is 1.58. The molecule has 1 rings (SSSR count). The Morgan fingerprint density at radius 2 is 2.20 bits per heavy atom. The number of hydrazine groups is 1. The standard InChI is InChI=1S/C8H8N4O3/c9-11-8(13)10-5-6-3-1-2-4-7(6)12(14)15/h1-5H,9H2,(H,11,13). The minimum Gasteiger partial charge on any atom is -0.274 e. The minimum absolute atomic E-state index is 0.119. The fraction of sp³-hybridized carbons (Fsp3) is 0. The molecule has 0 bridgehead atoms. The van der Waals surface area contributed by atoms with Crippen LogP contribution in [0, 0.1) is 10.1 Å². The third kappa shape index (κ3) is 2.85. The van der Waals surface area contributed by atoms with Crippen LogP contribution in [0.1, 0.15) is 5.56 Å². The molecule has 7 heteroatoms. The average molecular weight is 208 g/mol. The van der Waals surface area contributed by atoms with E-state index in [0.717, 1.165) is 6.21 Å². The van der Waals surface area contributed by atoms with Crippen LogP contribution in [-0.2, 0) is 0 Å². The molecule has 0 saturated carbocycles. The maximum atomic E-state index is 10.7. The fourth-order valence-electron chi connectivity index (χ4n) is 0.928. The van der Waals surface area contributed by atoms with Gasteiger partial charge in [-0.3, -0.25) is 15.5 Å². The minimum atomic E-state index is -0.770. The molecule has 0 aliphatic carbocycles. The fourth-order valence-corrected chi connectivity index (χ4v) is 0.928. The summed E-state index contributed by atoms with van der Waals surface area (Å²) in [6.45, 7) is 0. The Balaban J connectivity index is 2.99. The number of nitrogens with two attached hydrogens (primary N) is 1. The Morgan fingerprint density at radius 1 is 1.53 bits per heavy atom. The Labute approximate surface area is 84.7 Å². The van der Waals surface area contributed by atoms with Gasteiger partial charge in [-0.25, -0.2) is 15.6 Å². The van der Waals surface area contributed by atoms with Crippen LogP contribution in [0.3, 0.4) is 0 Å². The highest BCUT2D eigenvalue weighted by Gasteiger charge is 2.09. The summed E-state index contributed by atoms with van der Waals surface area (Å²) in [5.41, 5.74) is 1.90. The quantitative estimate of drug-likeness (QED) is 0.243. The summed E-state index contributed by atoms with van der Waals surface area (Å²) >= 11 is 0. The zero-order valence-electron chi connectivity index (χ0n) is 7.58. The van der Waals surface area contributed by atoms with E-state index in [2.05, 4.69) is 4.99 Å². The van der Waals surface area contributed by atoms with Crippen molar-refractivity contribution in [1.82, 2.24) is 5.43 Å². The molecule has 0 radical (unpaired) electrons. The van der Waals surface area contributed by atoms with E-state index >= 15 is 0 Å². The van der Waals surface area contributed by atoms with Crippen molar-refractivity contribution < 1.29 is 9.72 Å². The number of nitro benzene ring substituents is 1. The van der Waals surface area contributed by atoms with Crippen molar-refractivity contribution >= 4 is 17.9 Å². The highest BCUT2D eigenvalue weighted by Crippen LogP contribution is 2.15. The summed E-state index contributed by atoms with van der Waals surface area (Å²) in [7, 11) is 0. The van der Waals surface area contributed by atoms with Gasteiger partial charge in [0.25, 0.3) is 5.69 Å². The number of rotatable bonds is 2. The van der Waals surface area contributed by atoms with Gasteiger partial charge in [-0.2, -0.15) is 0 Å². The molecule has 15 heavy (non-hydrogen) atoms. The first-order valence-electron chi connectivity index (χ1n) is 3.93. The number of hydrogen-bond donors (Lipinski definition) is 2. The van der Waals surface area contributed by atoms with E-state index in [0.29, 0.717) is 0 Å². The molecule has 0 saturated heterocycles. The number of carbonyl (C=O) groups excluding carboxylic acids is 1. The Bertz CT molecular complexity index is 416. The lowest BCUT2D eigenvalue weighted by atomic mass is 10.2. The molecule has 0 aliphatic heterocycles. The second-order valence-corrected chi connectivity index (χ2v) is 2.52. The predicted octanol–water partition coefficient (Wildman–Crippen LogP) is 0.597. The molecule has 0 atom stereocenters. The van der Waals surface area contributed by atoms with Gasteiger partial charge in [0, 0.05) is 12.3 Å². The highest BCUT2D eigenvalue weighted by molar-refractivity contribution is 5.93. The number of urea groups is 1. The molecule has 3 N–H and O–H groups in total. The summed E-state index contributed by atoms with van der Waals surface area (Å²) in [5, 5.41) is 10.6. The number of nitrogens with one attached hydrogen (secondary N) is 1. The molecular weight excluding hydrogens is 200 g/mol. The van der Waals surface area contributed by atoms with Crippen LogP contribution in [0.4, 0.5) is 10.5 Å². The Kier molecular flexibility index (Phi) is 3.47. The normalized spacial score (nSPS) is 10.2. The van der Waals surface area contributed by atoms with Crippen molar-refractivity contribution in [2.24, 2.45) is 10.8 Å². The second kappa shape index (κ2) is 4.82. The molecule has 1 aromatic rings. The van der Waals surface area contributed by atoms with Crippen molar-refractivity contribution in [3.8, 4) is 0 Å². The first-order valence-corrected chi connectivity index (χ1v) is 3.93. The molecule has 0 aliphatic rings. The van der Waals surface area contributed by atoms with Crippen molar-refractivity contribution in [3.05, 3.63) is 39.9 Å². The molecule has 0 spiro atoms. The largest absolute Gasteiger partial charge is 0.355 e. The monoisotopic (exact) mass is 208 g/mol. The van der Waals surface area contributed by atoms with Crippen LogP contribution < -0.4 is 11.3 Å². The van der Waals surface area contributed by atoms with Gasteiger partial charge in [-0.1, -0.05) is 12.1 Å². The van der Waals surface area contributed by atoms with Crippen LogP contribution in [0.2, 0.25) is 0 Å².